The van der Waals surface area contributed by atoms with E-state index >= 15 is 0 Å². The third kappa shape index (κ3) is 6.19. The number of thioether (sulfide) groups is 1. The summed E-state index contributed by atoms with van der Waals surface area (Å²) in [6, 6.07) is 6.68. The Morgan fingerprint density at radius 2 is 1.89 bits per heavy atom. The quantitative estimate of drug-likeness (QED) is 0.500. The number of phenols is 1. The maximum Gasteiger partial charge on any atom is 0.437 e. The van der Waals surface area contributed by atoms with E-state index in [1.54, 1.807) is 0 Å². The van der Waals surface area contributed by atoms with E-state index in [2.05, 4.69) is 10.4 Å². The molecule has 1 fully saturated rings. The molecule has 0 atom stereocenters. The van der Waals surface area contributed by atoms with E-state index in [4.69, 9.17) is 16.0 Å². The number of amides is 1. The molecule has 4 rings (SSSR count). The topological polar surface area (TPSA) is 101 Å². The van der Waals surface area contributed by atoms with Crippen LogP contribution in [-0.2, 0) is 17.5 Å². The molecule has 0 saturated carbocycles. The molecule has 1 aromatic heterocycles. The molecule has 3 aromatic rings. The van der Waals surface area contributed by atoms with Gasteiger partial charge in [-0.1, -0.05) is 11.6 Å². The Labute approximate surface area is 206 Å². The van der Waals surface area contributed by atoms with Gasteiger partial charge >= 0.3 is 11.9 Å². The lowest BCUT2D eigenvalue weighted by molar-refractivity contribution is -0.137. The fourth-order valence-electron chi connectivity index (χ4n) is 3.46. The molecule has 2 aromatic carbocycles. The normalized spacial score (nSPS) is 14.7. The van der Waals surface area contributed by atoms with Crippen LogP contribution in [0.5, 0.6) is 5.75 Å². The van der Waals surface area contributed by atoms with Gasteiger partial charge in [0, 0.05) is 41.8 Å². The first kappa shape index (κ1) is 25.1. The number of carbonyl (C=O) groups excluding carboxylic acids is 1. The minimum absolute atomic E-state index is 0.153. The van der Waals surface area contributed by atoms with Crippen molar-refractivity contribution in [3.63, 3.8) is 0 Å². The lowest BCUT2D eigenvalue weighted by Crippen LogP contribution is -2.38. The van der Waals surface area contributed by atoms with E-state index in [1.807, 2.05) is 16.7 Å². The van der Waals surface area contributed by atoms with Crippen LogP contribution in [0.1, 0.15) is 11.1 Å². The van der Waals surface area contributed by atoms with E-state index in [-0.39, 0.29) is 52.5 Å². The molecule has 0 spiro atoms. The zero-order chi connectivity index (χ0) is 25.2. The maximum absolute atomic E-state index is 12.8. The van der Waals surface area contributed by atoms with E-state index in [9.17, 15) is 27.9 Å². The Balaban J connectivity index is 1.46. The third-order valence-corrected chi connectivity index (χ3v) is 6.55. The van der Waals surface area contributed by atoms with Gasteiger partial charge in [0.05, 0.1) is 29.4 Å². The second kappa shape index (κ2) is 10.3. The van der Waals surface area contributed by atoms with Crippen LogP contribution in [0.15, 0.2) is 45.6 Å². The first-order valence-corrected chi connectivity index (χ1v) is 12.0. The van der Waals surface area contributed by atoms with Crippen molar-refractivity contribution in [2.45, 2.75) is 12.7 Å². The Kier molecular flexibility index (Phi) is 7.43. The highest BCUT2D eigenvalue weighted by Gasteiger charge is 2.30. The van der Waals surface area contributed by atoms with Crippen molar-refractivity contribution in [1.82, 2.24) is 14.7 Å². The predicted molar refractivity (Wildman–Crippen MR) is 126 cm³/mol. The number of phenolic OH excluding ortho intramolecular Hbond substituents is 1. The predicted octanol–water partition coefficient (Wildman–Crippen LogP) is 3.92. The van der Waals surface area contributed by atoms with Gasteiger partial charge in [-0.15, -0.1) is 5.10 Å². The van der Waals surface area contributed by atoms with Crippen LogP contribution < -0.4 is 11.1 Å². The van der Waals surface area contributed by atoms with E-state index in [0.29, 0.717) is 0 Å². The number of aromatic hydroxyl groups is 1. The van der Waals surface area contributed by atoms with Crippen LogP contribution in [0.2, 0.25) is 5.02 Å². The molecule has 2 N–H and O–H groups in total. The van der Waals surface area contributed by atoms with Crippen LogP contribution >= 0.6 is 23.4 Å². The Hall–Kier alpha value is -2.96. The first-order valence-electron chi connectivity index (χ1n) is 10.5. The van der Waals surface area contributed by atoms with Gasteiger partial charge in [0.25, 0.3) is 0 Å². The summed E-state index contributed by atoms with van der Waals surface area (Å²) in [6.07, 6.45) is -4.49. The average Bonchev–Trinajstić information content (AvgIpc) is 3.17. The first-order chi connectivity index (χ1) is 16.6. The maximum atomic E-state index is 12.8. The van der Waals surface area contributed by atoms with Crippen molar-refractivity contribution in [3.8, 4) is 17.2 Å². The summed E-state index contributed by atoms with van der Waals surface area (Å²) in [5, 5.41) is 17.3. The minimum atomic E-state index is -4.49. The van der Waals surface area contributed by atoms with Gasteiger partial charge in [-0.25, -0.2) is 4.79 Å². The lowest BCUT2D eigenvalue weighted by Gasteiger charge is -2.25. The highest BCUT2D eigenvalue weighted by molar-refractivity contribution is 7.99. The number of hydrogen-bond acceptors (Lipinski definition) is 7. The zero-order valence-corrected chi connectivity index (χ0v) is 19.7. The van der Waals surface area contributed by atoms with Gasteiger partial charge in [0.2, 0.25) is 11.8 Å². The molecule has 1 aliphatic rings. The van der Waals surface area contributed by atoms with Crippen molar-refractivity contribution in [1.29, 1.82) is 0 Å². The van der Waals surface area contributed by atoms with Crippen molar-refractivity contribution in [2.24, 2.45) is 0 Å². The van der Waals surface area contributed by atoms with Gasteiger partial charge in [0.1, 0.15) is 5.75 Å². The summed E-state index contributed by atoms with van der Waals surface area (Å²) in [4.78, 5) is 26.6. The monoisotopic (exact) mass is 528 g/mol. The Morgan fingerprint density at radius 3 is 2.54 bits per heavy atom. The van der Waals surface area contributed by atoms with Crippen LogP contribution in [0.4, 0.5) is 18.9 Å². The number of aromatic nitrogens is 2. The van der Waals surface area contributed by atoms with Gasteiger partial charge in [0.15, 0.2) is 0 Å². The molecule has 0 bridgehead atoms. The number of hydrogen-bond donors (Lipinski definition) is 2. The summed E-state index contributed by atoms with van der Waals surface area (Å²) in [5.74, 6) is 0.392. The fraction of sp³-hybridized carbons (Fsp3) is 0.318. The highest BCUT2D eigenvalue weighted by Crippen LogP contribution is 2.32. The van der Waals surface area contributed by atoms with Crippen LogP contribution in [0, 0.1) is 0 Å². The van der Waals surface area contributed by atoms with Gasteiger partial charge in [-0.05, 0) is 30.3 Å². The van der Waals surface area contributed by atoms with Crippen molar-refractivity contribution < 1.29 is 27.5 Å². The fourth-order valence-corrected chi connectivity index (χ4v) is 4.68. The smallest absolute Gasteiger partial charge is 0.437 e. The second-order valence-electron chi connectivity index (χ2n) is 7.80. The molecule has 2 heterocycles. The lowest BCUT2D eigenvalue weighted by atomic mass is 10.1. The largest absolute Gasteiger partial charge is 0.508 e. The molecule has 0 aliphatic carbocycles. The number of nitrogens with one attached hydrogen (secondary N) is 1. The van der Waals surface area contributed by atoms with Crippen LogP contribution in [-0.4, -0.2) is 56.8 Å². The molecular weight excluding hydrogens is 509 g/mol. The van der Waals surface area contributed by atoms with Gasteiger partial charge < -0.3 is 14.8 Å². The molecule has 35 heavy (non-hydrogen) atoms. The molecule has 0 unspecified atom stereocenters. The average molecular weight is 529 g/mol. The SMILES string of the molecule is O=C(CN1CCSCC1)Nc1cc(O)c(Cn2nc(-c3ccc(C(F)(F)F)cc3)oc2=O)cc1Cl. The van der Waals surface area contributed by atoms with Crippen LogP contribution in [0.3, 0.4) is 0 Å². The molecular formula is C22H20ClF3N4O4S. The standard InChI is InChI=1S/C22H20ClF3N4O4S/c23-16-9-14(18(31)10-17(16)27-19(32)12-29-5-7-35-8-6-29)11-30-21(33)34-20(28-30)13-1-3-15(4-2-13)22(24,25)26/h1-4,9-10,31H,5-8,11-12H2,(H,27,32). The van der Waals surface area contributed by atoms with Crippen molar-refractivity contribution in [2.75, 3.05) is 36.5 Å². The summed E-state index contributed by atoms with van der Waals surface area (Å²) in [5.41, 5.74) is -0.205. The summed E-state index contributed by atoms with van der Waals surface area (Å²) >= 11 is 8.12. The highest BCUT2D eigenvalue weighted by atomic mass is 35.5. The number of nitrogens with zero attached hydrogens (tertiary/aromatic N) is 3. The molecule has 13 heteroatoms. The van der Waals surface area contributed by atoms with E-state index in [0.717, 1.165) is 53.5 Å². The van der Waals surface area contributed by atoms with Crippen LogP contribution in [0.25, 0.3) is 11.5 Å². The molecule has 8 nitrogen and oxygen atoms in total. The number of rotatable bonds is 6. The number of halogens is 4. The molecule has 186 valence electrons. The number of carbonyl (C=O) groups is 1. The third-order valence-electron chi connectivity index (χ3n) is 5.30. The number of anilines is 1. The minimum Gasteiger partial charge on any atom is -0.508 e. The zero-order valence-electron chi connectivity index (χ0n) is 18.1. The van der Waals surface area contributed by atoms with Gasteiger partial charge in [-0.3, -0.25) is 9.69 Å². The molecule has 1 saturated heterocycles. The number of benzene rings is 2. The molecule has 1 amide bonds. The Bertz CT molecular complexity index is 1270. The molecule has 0 radical (unpaired) electrons. The second-order valence-corrected chi connectivity index (χ2v) is 9.44. The number of alkyl halides is 3. The summed E-state index contributed by atoms with van der Waals surface area (Å²) in [6.45, 7) is 1.63. The Morgan fingerprint density at radius 1 is 1.20 bits per heavy atom. The van der Waals surface area contributed by atoms with Gasteiger partial charge in [-0.2, -0.15) is 29.6 Å². The van der Waals surface area contributed by atoms with Crippen molar-refractivity contribution >= 4 is 35.0 Å². The van der Waals surface area contributed by atoms with E-state index < -0.39 is 17.5 Å². The summed E-state index contributed by atoms with van der Waals surface area (Å²) < 4.78 is 44.2. The molecule has 1 aliphatic heterocycles. The van der Waals surface area contributed by atoms with E-state index in [1.165, 1.54) is 12.1 Å². The summed E-state index contributed by atoms with van der Waals surface area (Å²) in [7, 11) is 0. The van der Waals surface area contributed by atoms with Crippen molar-refractivity contribution in [3.05, 3.63) is 63.1 Å².